The van der Waals surface area contributed by atoms with Gasteiger partial charge in [-0.05, 0) is 36.7 Å². The van der Waals surface area contributed by atoms with E-state index in [0.29, 0.717) is 29.8 Å². The fourth-order valence-electron chi connectivity index (χ4n) is 2.44. The van der Waals surface area contributed by atoms with E-state index in [9.17, 15) is 4.39 Å². The summed E-state index contributed by atoms with van der Waals surface area (Å²) in [4.78, 5) is 2.11. The van der Waals surface area contributed by atoms with E-state index in [1.54, 1.807) is 6.07 Å². The minimum atomic E-state index is -0.168. The van der Waals surface area contributed by atoms with Crippen molar-refractivity contribution in [3.63, 3.8) is 0 Å². The Morgan fingerprint density at radius 3 is 2.45 bits per heavy atom. The number of benzene rings is 2. The Morgan fingerprint density at radius 1 is 1.09 bits per heavy atom. The Balaban J connectivity index is 1.64. The van der Waals surface area contributed by atoms with Gasteiger partial charge in [-0.25, -0.2) is 4.39 Å². The van der Waals surface area contributed by atoms with E-state index in [4.69, 9.17) is 12.2 Å². The lowest BCUT2D eigenvalue weighted by atomic mass is 10.2. The lowest BCUT2D eigenvalue weighted by Gasteiger charge is -2.26. The molecule has 0 spiro atoms. The van der Waals surface area contributed by atoms with Crippen molar-refractivity contribution in [2.24, 2.45) is 0 Å². The molecule has 114 valence electrons. The average molecular weight is 314 g/mol. The number of hydrogen-bond acceptors (Lipinski definition) is 1. The number of halogens is 1. The molecule has 1 aliphatic rings. The molecule has 2 aromatic rings. The predicted octanol–water partition coefficient (Wildman–Crippen LogP) is 3.86. The standard InChI is InChI=1S/C18H19FN2S/c19-17-9-5-4-8-15(17)13-21(16-10-11-16)18(22)20-12-14-6-2-1-3-7-14/h1-9,16H,10-13H2,(H,20,22). The Morgan fingerprint density at radius 2 is 1.77 bits per heavy atom. The minimum Gasteiger partial charge on any atom is -0.358 e. The third-order valence-corrected chi connectivity index (χ3v) is 4.21. The normalized spacial score (nSPS) is 13.7. The lowest BCUT2D eigenvalue weighted by molar-refractivity contribution is 0.387. The molecule has 0 radical (unpaired) electrons. The summed E-state index contributed by atoms with van der Waals surface area (Å²) in [6, 6.07) is 17.5. The summed E-state index contributed by atoms with van der Waals surface area (Å²) in [6.45, 7) is 1.22. The first-order chi connectivity index (χ1) is 10.7. The fraction of sp³-hybridized carbons (Fsp3) is 0.278. The summed E-state index contributed by atoms with van der Waals surface area (Å²) in [7, 11) is 0. The van der Waals surface area contributed by atoms with E-state index in [1.165, 1.54) is 11.6 Å². The maximum absolute atomic E-state index is 13.9. The van der Waals surface area contributed by atoms with E-state index in [2.05, 4.69) is 22.3 Å². The highest BCUT2D eigenvalue weighted by Crippen LogP contribution is 2.29. The summed E-state index contributed by atoms with van der Waals surface area (Å²) >= 11 is 5.53. The highest BCUT2D eigenvalue weighted by molar-refractivity contribution is 7.80. The van der Waals surface area contributed by atoms with Crippen molar-refractivity contribution >= 4 is 17.3 Å². The molecule has 0 aliphatic heterocycles. The van der Waals surface area contributed by atoms with Crippen LogP contribution in [0.4, 0.5) is 4.39 Å². The van der Waals surface area contributed by atoms with Crippen molar-refractivity contribution in [3.8, 4) is 0 Å². The first-order valence-corrected chi connectivity index (χ1v) is 7.96. The van der Waals surface area contributed by atoms with Crippen LogP contribution in [0.25, 0.3) is 0 Å². The van der Waals surface area contributed by atoms with Crippen LogP contribution in [0.15, 0.2) is 54.6 Å². The van der Waals surface area contributed by atoms with Crippen LogP contribution in [0.5, 0.6) is 0 Å². The second kappa shape index (κ2) is 6.88. The molecular weight excluding hydrogens is 295 g/mol. The minimum absolute atomic E-state index is 0.168. The number of thiocarbonyl (C=S) groups is 1. The van der Waals surface area contributed by atoms with Gasteiger partial charge in [-0.1, -0.05) is 48.5 Å². The zero-order chi connectivity index (χ0) is 15.4. The summed E-state index contributed by atoms with van der Waals surface area (Å²) in [5.74, 6) is -0.168. The Kier molecular flexibility index (Phi) is 4.68. The van der Waals surface area contributed by atoms with Gasteiger partial charge in [0.15, 0.2) is 5.11 Å². The van der Waals surface area contributed by atoms with Gasteiger partial charge in [-0.15, -0.1) is 0 Å². The molecule has 0 bridgehead atoms. The number of nitrogens with zero attached hydrogens (tertiary/aromatic N) is 1. The van der Waals surface area contributed by atoms with Crippen LogP contribution in [0.3, 0.4) is 0 Å². The summed E-state index contributed by atoms with van der Waals surface area (Å²) in [5.41, 5.74) is 1.88. The lowest BCUT2D eigenvalue weighted by Crippen LogP contribution is -2.40. The highest BCUT2D eigenvalue weighted by Gasteiger charge is 2.31. The predicted molar refractivity (Wildman–Crippen MR) is 90.8 cm³/mol. The van der Waals surface area contributed by atoms with Crippen LogP contribution in [0.2, 0.25) is 0 Å². The van der Waals surface area contributed by atoms with Gasteiger partial charge in [0.05, 0.1) is 0 Å². The molecule has 4 heteroatoms. The topological polar surface area (TPSA) is 15.3 Å². The van der Waals surface area contributed by atoms with E-state index in [1.807, 2.05) is 30.3 Å². The molecular formula is C18H19FN2S. The molecule has 0 amide bonds. The molecule has 1 N–H and O–H groups in total. The summed E-state index contributed by atoms with van der Waals surface area (Å²) in [6.07, 6.45) is 2.25. The number of hydrogen-bond donors (Lipinski definition) is 1. The molecule has 1 fully saturated rings. The number of nitrogens with one attached hydrogen (secondary N) is 1. The molecule has 0 saturated heterocycles. The summed E-state index contributed by atoms with van der Waals surface area (Å²) in [5, 5.41) is 4.00. The van der Waals surface area contributed by atoms with Crippen LogP contribution in [-0.2, 0) is 13.1 Å². The van der Waals surface area contributed by atoms with Gasteiger partial charge < -0.3 is 10.2 Å². The van der Waals surface area contributed by atoms with Crippen molar-refractivity contribution in [1.82, 2.24) is 10.2 Å². The zero-order valence-corrected chi connectivity index (χ0v) is 13.2. The SMILES string of the molecule is Fc1ccccc1CN(C(=S)NCc1ccccc1)C1CC1. The first-order valence-electron chi connectivity index (χ1n) is 7.56. The van der Waals surface area contributed by atoms with Gasteiger partial charge in [-0.2, -0.15) is 0 Å². The van der Waals surface area contributed by atoms with Crippen LogP contribution in [0.1, 0.15) is 24.0 Å². The maximum atomic E-state index is 13.9. The van der Waals surface area contributed by atoms with Gasteiger partial charge in [0.2, 0.25) is 0 Å². The Hall–Kier alpha value is -1.94. The van der Waals surface area contributed by atoms with Crippen molar-refractivity contribution in [2.75, 3.05) is 0 Å². The van der Waals surface area contributed by atoms with Gasteiger partial charge in [0.1, 0.15) is 5.82 Å². The molecule has 0 heterocycles. The molecule has 2 aromatic carbocycles. The summed E-state index contributed by atoms with van der Waals surface area (Å²) < 4.78 is 13.9. The third kappa shape index (κ3) is 3.83. The molecule has 0 unspecified atom stereocenters. The maximum Gasteiger partial charge on any atom is 0.169 e. The zero-order valence-electron chi connectivity index (χ0n) is 12.3. The molecule has 1 aliphatic carbocycles. The van der Waals surface area contributed by atoms with Crippen LogP contribution < -0.4 is 5.32 Å². The third-order valence-electron chi connectivity index (χ3n) is 3.83. The van der Waals surface area contributed by atoms with E-state index in [0.717, 1.165) is 12.8 Å². The molecule has 0 atom stereocenters. The monoisotopic (exact) mass is 314 g/mol. The molecule has 0 aromatic heterocycles. The van der Waals surface area contributed by atoms with Crippen LogP contribution >= 0.6 is 12.2 Å². The average Bonchev–Trinajstić information content (AvgIpc) is 3.37. The molecule has 3 rings (SSSR count). The fourth-order valence-corrected chi connectivity index (χ4v) is 2.72. The van der Waals surface area contributed by atoms with E-state index >= 15 is 0 Å². The quantitative estimate of drug-likeness (QED) is 0.844. The smallest absolute Gasteiger partial charge is 0.169 e. The van der Waals surface area contributed by atoms with Crippen LogP contribution in [-0.4, -0.2) is 16.1 Å². The number of rotatable bonds is 5. The van der Waals surface area contributed by atoms with Gasteiger partial charge in [-0.3, -0.25) is 0 Å². The first kappa shape index (κ1) is 15.0. The molecule has 22 heavy (non-hydrogen) atoms. The van der Waals surface area contributed by atoms with Crippen molar-refractivity contribution < 1.29 is 4.39 Å². The van der Waals surface area contributed by atoms with Crippen molar-refractivity contribution in [1.29, 1.82) is 0 Å². The Bertz CT molecular complexity index is 641. The van der Waals surface area contributed by atoms with Crippen LogP contribution in [0, 0.1) is 5.82 Å². The second-order valence-corrected chi connectivity index (χ2v) is 5.98. The second-order valence-electron chi connectivity index (χ2n) is 5.59. The largest absolute Gasteiger partial charge is 0.358 e. The van der Waals surface area contributed by atoms with Gasteiger partial charge in [0.25, 0.3) is 0 Å². The highest BCUT2D eigenvalue weighted by atomic mass is 32.1. The van der Waals surface area contributed by atoms with Gasteiger partial charge in [0, 0.05) is 24.7 Å². The Labute approximate surface area is 136 Å². The van der Waals surface area contributed by atoms with Crippen molar-refractivity contribution in [2.45, 2.75) is 32.0 Å². The van der Waals surface area contributed by atoms with E-state index in [-0.39, 0.29) is 5.82 Å². The van der Waals surface area contributed by atoms with Gasteiger partial charge >= 0.3 is 0 Å². The van der Waals surface area contributed by atoms with E-state index < -0.39 is 0 Å². The van der Waals surface area contributed by atoms with Crippen molar-refractivity contribution in [3.05, 3.63) is 71.5 Å². The molecule has 2 nitrogen and oxygen atoms in total. The molecule has 1 saturated carbocycles.